The van der Waals surface area contributed by atoms with Gasteiger partial charge in [-0.2, -0.15) is 5.10 Å². The summed E-state index contributed by atoms with van der Waals surface area (Å²) in [6.07, 6.45) is 3.06. The number of rotatable bonds is 3. The van der Waals surface area contributed by atoms with E-state index in [1.54, 1.807) is 6.20 Å². The van der Waals surface area contributed by atoms with Crippen molar-refractivity contribution in [3.63, 3.8) is 0 Å². The van der Waals surface area contributed by atoms with Gasteiger partial charge in [0.1, 0.15) is 5.15 Å². The first-order valence-corrected chi connectivity index (χ1v) is 5.64. The second-order valence-electron chi connectivity index (χ2n) is 3.81. The molecular weight excluding hydrogens is 254 g/mol. The Kier molecular flexibility index (Phi) is 3.47. The molecule has 94 valence electrons. The zero-order valence-corrected chi connectivity index (χ0v) is 10.5. The van der Waals surface area contributed by atoms with E-state index in [2.05, 4.69) is 20.5 Å². The number of aromatic nitrogens is 3. The minimum absolute atomic E-state index is 0.130. The lowest BCUT2D eigenvalue weighted by Crippen LogP contribution is -2.23. The van der Waals surface area contributed by atoms with Gasteiger partial charge in [0.2, 0.25) is 0 Å². The Morgan fingerprint density at radius 2 is 2.33 bits per heavy atom. The second-order valence-corrected chi connectivity index (χ2v) is 4.17. The number of pyridine rings is 1. The smallest absolute Gasteiger partial charge is 0.254 e. The fourth-order valence-corrected chi connectivity index (χ4v) is 1.64. The van der Waals surface area contributed by atoms with Crippen molar-refractivity contribution in [2.75, 3.05) is 5.73 Å². The number of hydrogen-bond acceptors (Lipinski definition) is 4. The van der Waals surface area contributed by atoms with Crippen molar-refractivity contribution >= 4 is 23.2 Å². The zero-order valence-electron chi connectivity index (χ0n) is 9.70. The van der Waals surface area contributed by atoms with Crippen molar-refractivity contribution in [1.29, 1.82) is 0 Å². The molecule has 0 bridgehead atoms. The number of hydrogen-bond donors (Lipinski definition) is 3. The average molecular weight is 266 g/mol. The number of aryl methyl sites for hydroxylation is 1. The number of anilines is 1. The van der Waals surface area contributed by atoms with E-state index in [4.69, 9.17) is 17.3 Å². The second kappa shape index (κ2) is 5.05. The van der Waals surface area contributed by atoms with Crippen LogP contribution in [-0.2, 0) is 6.54 Å². The molecule has 2 aromatic rings. The summed E-state index contributed by atoms with van der Waals surface area (Å²) in [4.78, 5) is 15.7. The van der Waals surface area contributed by atoms with E-state index in [9.17, 15) is 4.79 Å². The van der Waals surface area contributed by atoms with E-state index >= 15 is 0 Å². The first-order chi connectivity index (χ1) is 8.58. The summed E-state index contributed by atoms with van der Waals surface area (Å²) in [5.41, 5.74) is 8.04. The molecule has 2 heterocycles. The molecular formula is C11H12ClN5O. The standard InChI is InChI=1S/C11H12ClN5O/c1-6-7(4-16-17-6)3-15-11(18)9-2-8(13)5-14-10(9)12/h2,4-5H,3,13H2,1H3,(H,15,18)(H,16,17). The summed E-state index contributed by atoms with van der Waals surface area (Å²) < 4.78 is 0. The number of amides is 1. The van der Waals surface area contributed by atoms with Crippen LogP contribution in [0.15, 0.2) is 18.5 Å². The number of carbonyl (C=O) groups excluding carboxylic acids is 1. The molecule has 0 unspecified atom stereocenters. The Labute approximate surface area is 109 Å². The lowest BCUT2D eigenvalue weighted by molar-refractivity contribution is 0.0950. The molecule has 7 heteroatoms. The highest BCUT2D eigenvalue weighted by atomic mass is 35.5. The first-order valence-electron chi connectivity index (χ1n) is 5.26. The molecule has 0 fully saturated rings. The van der Waals surface area contributed by atoms with Crippen LogP contribution in [-0.4, -0.2) is 21.1 Å². The largest absolute Gasteiger partial charge is 0.397 e. The molecule has 2 rings (SSSR count). The molecule has 0 saturated carbocycles. The van der Waals surface area contributed by atoms with Crippen molar-refractivity contribution < 1.29 is 4.79 Å². The minimum Gasteiger partial charge on any atom is -0.397 e. The monoisotopic (exact) mass is 265 g/mol. The number of halogens is 1. The van der Waals surface area contributed by atoms with Crippen LogP contribution in [0.1, 0.15) is 21.6 Å². The summed E-state index contributed by atoms with van der Waals surface area (Å²) in [5, 5.41) is 9.52. The fraction of sp³-hybridized carbons (Fsp3) is 0.182. The lowest BCUT2D eigenvalue weighted by atomic mass is 10.2. The number of nitrogens with two attached hydrogens (primary N) is 1. The van der Waals surface area contributed by atoms with Crippen molar-refractivity contribution in [1.82, 2.24) is 20.5 Å². The van der Waals surface area contributed by atoms with Crippen LogP contribution in [0.25, 0.3) is 0 Å². The summed E-state index contributed by atoms with van der Waals surface area (Å²) in [6, 6.07) is 1.49. The van der Waals surface area contributed by atoms with Crippen LogP contribution in [0.3, 0.4) is 0 Å². The topological polar surface area (TPSA) is 96.7 Å². The molecule has 0 aliphatic rings. The molecule has 18 heavy (non-hydrogen) atoms. The normalized spacial score (nSPS) is 10.3. The number of nitrogens with zero attached hydrogens (tertiary/aromatic N) is 2. The van der Waals surface area contributed by atoms with Crippen LogP contribution >= 0.6 is 11.6 Å². The molecule has 0 atom stereocenters. The van der Waals surface area contributed by atoms with Crippen molar-refractivity contribution in [2.24, 2.45) is 0 Å². The van der Waals surface area contributed by atoms with E-state index in [-0.39, 0.29) is 16.6 Å². The number of nitrogens with one attached hydrogen (secondary N) is 2. The van der Waals surface area contributed by atoms with Crippen molar-refractivity contribution in [3.8, 4) is 0 Å². The molecule has 2 aromatic heterocycles. The average Bonchev–Trinajstić information content (AvgIpc) is 2.75. The first kappa shape index (κ1) is 12.4. The highest BCUT2D eigenvalue weighted by Gasteiger charge is 2.12. The van der Waals surface area contributed by atoms with Gasteiger partial charge in [0.05, 0.1) is 23.6 Å². The number of carbonyl (C=O) groups is 1. The Morgan fingerprint density at radius 1 is 1.56 bits per heavy atom. The highest BCUT2D eigenvalue weighted by Crippen LogP contribution is 2.15. The van der Waals surface area contributed by atoms with Crippen LogP contribution in [0.5, 0.6) is 0 Å². The summed E-state index contributed by atoms with van der Waals surface area (Å²) in [5.74, 6) is -0.319. The quantitative estimate of drug-likeness (QED) is 0.728. The van der Waals surface area contributed by atoms with Crippen LogP contribution in [0.2, 0.25) is 5.15 Å². The minimum atomic E-state index is -0.319. The number of H-pyrrole nitrogens is 1. The van der Waals surface area contributed by atoms with Gasteiger partial charge in [-0.25, -0.2) is 4.98 Å². The molecule has 0 aliphatic carbocycles. The fourth-order valence-electron chi connectivity index (χ4n) is 1.45. The molecule has 6 nitrogen and oxygen atoms in total. The molecule has 0 aromatic carbocycles. The maximum atomic E-state index is 11.9. The summed E-state index contributed by atoms with van der Waals surface area (Å²) in [6.45, 7) is 2.25. The van der Waals surface area contributed by atoms with E-state index < -0.39 is 0 Å². The predicted octanol–water partition coefficient (Wildman–Crippen LogP) is 1.28. The Bertz CT molecular complexity index is 581. The van der Waals surface area contributed by atoms with E-state index in [1.165, 1.54) is 12.3 Å². The van der Waals surface area contributed by atoms with Crippen LogP contribution in [0.4, 0.5) is 5.69 Å². The van der Waals surface area contributed by atoms with E-state index in [0.29, 0.717) is 12.2 Å². The molecule has 0 aliphatic heterocycles. The molecule has 0 saturated heterocycles. The Balaban J connectivity index is 2.08. The summed E-state index contributed by atoms with van der Waals surface area (Å²) in [7, 11) is 0. The van der Waals surface area contributed by atoms with Gasteiger partial charge in [0.25, 0.3) is 5.91 Å². The third-order valence-electron chi connectivity index (χ3n) is 2.48. The van der Waals surface area contributed by atoms with Gasteiger partial charge in [-0.05, 0) is 13.0 Å². The van der Waals surface area contributed by atoms with Gasteiger partial charge < -0.3 is 11.1 Å². The van der Waals surface area contributed by atoms with Gasteiger partial charge in [-0.15, -0.1) is 0 Å². The molecule has 1 amide bonds. The van der Waals surface area contributed by atoms with Gasteiger partial charge in [0.15, 0.2) is 0 Å². The molecule has 0 radical (unpaired) electrons. The SMILES string of the molecule is Cc1[nH]ncc1CNC(=O)c1cc(N)cnc1Cl. The third-order valence-corrected chi connectivity index (χ3v) is 2.78. The van der Waals surface area contributed by atoms with Crippen LogP contribution in [0, 0.1) is 6.92 Å². The van der Waals surface area contributed by atoms with Gasteiger partial charge in [-0.1, -0.05) is 11.6 Å². The van der Waals surface area contributed by atoms with Crippen LogP contribution < -0.4 is 11.1 Å². The maximum Gasteiger partial charge on any atom is 0.254 e. The van der Waals surface area contributed by atoms with E-state index in [1.807, 2.05) is 6.92 Å². The lowest BCUT2D eigenvalue weighted by Gasteiger charge is -2.06. The maximum absolute atomic E-state index is 11.9. The van der Waals surface area contributed by atoms with Gasteiger partial charge in [-0.3, -0.25) is 9.89 Å². The Hall–Kier alpha value is -2.08. The third kappa shape index (κ3) is 2.60. The van der Waals surface area contributed by atoms with Gasteiger partial charge in [0, 0.05) is 17.8 Å². The molecule has 0 spiro atoms. The number of aromatic amines is 1. The van der Waals surface area contributed by atoms with Gasteiger partial charge >= 0.3 is 0 Å². The molecule has 4 N–H and O–H groups in total. The zero-order chi connectivity index (χ0) is 13.1. The summed E-state index contributed by atoms with van der Waals surface area (Å²) >= 11 is 5.84. The van der Waals surface area contributed by atoms with Crippen molar-refractivity contribution in [3.05, 3.63) is 40.4 Å². The predicted molar refractivity (Wildman–Crippen MR) is 68.2 cm³/mol. The van der Waals surface area contributed by atoms with E-state index in [0.717, 1.165) is 11.3 Å². The Morgan fingerprint density at radius 3 is 3.00 bits per heavy atom. The van der Waals surface area contributed by atoms with Crippen molar-refractivity contribution in [2.45, 2.75) is 13.5 Å². The highest BCUT2D eigenvalue weighted by molar-refractivity contribution is 6.32. The number of nitrogen functional groups attached to an aromatic ring is 1.